The van der Waals surface area contributed by atoms with Crippen LogP contribution in [0.25, 0.3) is 0 Å². The minimum Gasteiger partial charge on any atom is -0.319 e. The van der Waals surface area contributed by atoms with Gasteiger partial charge < -0.3 is 10.2 Å². The summed E-state index contributed by atoms with van der Waals surface area (Å²) in [5.41, 5.74) is 2.36. The number of hydrogen-bond donors (Lipinski definition) is 1. The van der Waals surface area contributed by atoms with Crippen molar-refractivity contribution in [3.8, 4) is 0 Å². The highest BCUT2D eigenvalue weighted by molar-refractivity contribution is 6.30. The van der Waals surface area contributed by atoms with Crippen LogP contribution in [-0.4, -0.2) is 18.4 Å². The van der Waals surface area contributed by atoms with Gasteiger partial charge >= 0.3 is 0 Å². The van der Waals surface area contributed by atoms with Crippen LogP contribution in [-0.2, 0) is 6.42 Å². The van der Waals surface area contributed by atoms with Crippen LogP contribution in [0.4, 0.5) is 20.2 Å². The predicted molar refractivity (Wildman–Crippen MR) is 112 cm³/mol. The molecule has 0 unspecified atom stereocenters. The van der Waals surface area contributed by atoms with Crippen LogP contribution in [0, 0.1) is 11.6 Å². The molecule has 0 bridgehead atoms. The fraction of sp³-hybridized carbons (Fsp3) is 0.130. The van der Waals surface area contributed by atoms with E-state index in [2.05, 4.69) is 5.32 Å². The topological polar surface area (TPSA) is 49.4 Å². The third kappa shape index (κ3) is 4.04. The highest BCUT2D eigenvalue weighted by Gasteiger charge is 2.24. The van der Waals surface area contributed by atoms with Gasteiger partial charge in [-0.2, -0.15) is 0 Å². The highest BCUT2D eigenvalue weighted by Crippen LogP contribution is 2.30. The Balaban J connectivity index is 1.57. The molecular weight excluding hydrogens is 410 g/mol. The van der Waals surface area contributed by atoms with Crippen molar-refractivity contribution in [2.45, 2.75) is 12.8 Å². The van der Waals surface area contributed by atoms with Crippen molar-refractivity contribution in [2.24, 2.45) is 0 Å². The Labute approximate surface area is 177 Å². The number of carbonyl (C=O) groups excluding carboxylic acids is 2. The zero-order valence-corrected chi connectivity index (χ0v) is 16.5. The van der Waals surface area contributed by atoms with E-state index in [4.69, 9.17) is 11.6 Å². The van der Waals surface area contributed by atoms with E-state index >= 15 is 0 Å². The van der Waals surface area contributed by atoms with Crippen LogP contribution in [0.2, 0.25) is 5.02 Å². The van der Waals surface area contributed by atoms with Gasteiger partial charge in [-0.25, -0.2) is 8.78 Å². The Kier molecular flexibility index (Phi) is 5.50. The Hall–Kier alpha value is -3.25. The van der Waals surface area contributed by atoms with Crippen molar-refractivity contribution in [1.29, 1.82) is 0 Å². The molecule has 0 fully saturated rings. The minimum atomic E-state index is -0.846. The standard InChI is InChI=1S/C23H17ClF2N2O2/c24-17-6-3-14(4-7-17)23(30)28-11-1-2-15-12-16(5-10-21(15)28)22(29)27-20-9-8-18(25)13-19(20)26/h3-10,12-13H,1-2,11H2,(H,27,29). The first kappa shape index (κ1) is 20.0. The van der Waals surface area contributed by atoms with Gasteiger partial charge in [-0.3, -0.25) is 9.59 Å². The third-order valence-corrected chi connectivity index (χ3v) is 5.23. The van der Waals surface area contributed by atoms with Crippen molar-refractivity contribution >= 4 is 34.8 Å². The quantitative estimate of drug-likeness (QED) is 0.604. The van der Waals surface area contributed by atoms with E-state index < -0.39 is 17.5 Å². The van der Waals surface area contributed by atoms with Crippen LogP contribution in [0.1, 0.15) is 32.7 Å². The molecule has 0 radical (unpaired) electrons. The van der Waals surface area contributed by atoms with E-state index in [-0.39, 0.29) is 11.6 Å². The molecule has 0 aromatic heterocycles. The SMILES string of the molecule is O=C(Nc1ccc(F)cc1F)c1ccc2c(c1)CCCN2C(=O)c1ccc(Cl)cc1. The van der Waals surface area contributed by atoms with Gasteiger partial charge in [0.1, 0.15) is 11.6 Å². The van der Waals surface area contributed by atoms with Gasteiger partial charge in [-0.1, -0.05) is 11.6 Å². The predicted octanol–water partition coefficient (Wildman–Crippen LogP) is 5.46. The molecule has 1 aliphatic rings. The van der Waals surface area contributed by atoms with Gasteiger partial charge in [0.15, 0.2) is 0 Å². The maximum absolute atomic E-state index is 13.8. The largest absolute Gasteiger partial charge is 0.319 e. The van der Waals surface area contributed by atoms with Gasteiger partial charge in [0.2, 0.25) is 0 Å². The van der Waals surface area contributed by atoms with Gasteiger partial charge in [-0.15, -0.1) is 0 Å². The molecule has 0 saturated carbocycles. The van der Waals surface area contributed by atoms with Crippen molar-refractivity contribution in [3.05, 3.63) is 94.0 Å². The lowest BCUT2D eigenvalue weighted by atomic mass is 9.98. The third-order valence-electron chi connectivity index (χ3n) is 4.98. The average Bonchev–Trinajstić information content (AvgIpc) is 2.75. The van der Waals surface area contributed by atoms with Crippen LogP contribution >= 0.6 is 11.6 Å². The van der Waals surface area contributed by atoms with Crippen molar-refractivity contribution in [1.82, 2.24) is 0 Å². The molecular formula is C23H17ClF2N2O2. The normalized spacial score (nSPS) is 13.0. The maximum Gasteiger partial charge on any atom is 0.258 e. The number of amides is 2. The lowest BCUT2D eigenvalue weighted by Crippen LogP contribution is -2.35. The molecule has 7 heteroatoms. The lowest BCUT2D eigenvalue weighted by Gasteiger charge is -2.30. The second-order valence-electron chi connectivity index (χ2n) is 6.99. The van der Waals surface area contributed by atoms with E-state index in [0.29, 0.717) is 35.2 Å². The minimum absolute atomic E-state index is 0.0985. The number of hydrogen-bond acceptors (Lipinski definition) is 2. The number of rotatable bonds is 3. The number of fused-ring (bicyclic) bond motifs is 1. The average molecular weight is 427 g/mol. The number of aryl methyl sites for hydroxylation is 1. The van der Waals surface area contributed by atoms with E-state index in [1.54, 1.807) is 47.4 Å². The summed E-state index contributed by atoms with van der Waals surface area (Å²) in [6.07, 6.45) is 1.47. The summed E-state index contributed by atoms with van der Waals surface area (Å²) < 4.78 is 26.9. The zero-order chi connectivity index (χ0) is 21.3. The molecule has 0 aliphatic carbocycles. The first-order valence-corrected chi connectivity index (χ1v) is 9.77. The molecule has 1 aliphatic heterocycles. The Morgan fingerprint density at radius 1 is 0.933 bits per heavy atom. The smallest absolute Gasteiger partial charge is 0.258 e. The summed E-state index contributed by atoms with van der Waals surface area (Å²) in [6.45, 7) is 0.570. The summed E-state index contributed by atoms with van der Waals surface area (Å²) in [4.78, 5) is 27.2. The summed E-state index contributed by atoms with van der Waals surface area (Å²) in [6, 6.07) is 14.7. The number of benzene rings is 3. The summed E-state index contributed by atoms with van der Waals surface area (Å²) in [7, 11) is 0. The Morgan fingerprint density at radius 3 is 2.40 bits per heavy atom. The molecule has 4 rings (SSSR count). The summed E-state index contributed by atoms with van der Waals surface area (Å²) in [5, 5.41) is 3.01. The fourth-order valence-corrected chi connectivity index (χ4v) is 3.61. The molecule has 152 valence electrons. The van der Waals surface area contributed by atoms with Crippen molar-refractivity contribution in [2.75, 3.05) is 16.8 Å². The first-order valence-electron chi connectivity index (χ1n) is 9.39. The van der Waals surface area contributed by atoms with Gasteiger partial charge in [0.25, 0.3) is 11.8 Å². The number of halogens is 3. The van der Waals surface area contributed by atoms with Crippen LogP contribution in [0.15, 0.2) is 60.7 Å². The Morgan fingerprint density at radius 2 is 1.67 bits per heavy atom. The molecule has 3 aromatic rings. The summed E-state index contributed by atoms with van der Waals surface area (Å²) >= 11 is 5.90. The van der Waals surface area contributed by atoms with Crippen molar-refractivity contribution < 1.29 is 18.4 Å². The Bertz CT molecular complexity index is 1130. The summed E-state index contributed by atoms with van der Waals surface area (Å²) in [5.74, 6) is -2.21. The molecule has 0 atom stereocenters. The highest BCUT2D eigenvalue weighted by atomic mass is 35.5. The van der Waals surface area contributed by atoms with E-state index in [1.807, 2.05) is 0 Å². The number of anilines is 2. The molecule has 0 saturated heterocycles. The number of nitrogens with one attached hydrogen (secondary N) is 1. The van der Waals surface area contributed by atoms with Crippen LogP contribution in [0.5, 0.6) is 0 Å². The maximum atomic E-state index is 13.8. The van der Waals surface area contributed by atoms with E-state index in [9.17, 15) is 18.4 Å². The molecule has 1 N–H and O–H groups in total. The molecule has 1 heterocycles. The fourth-order valence-electron chi connectivity index (χ4n) is 3.48. The van der Waals surface area contributed by atoms with Gasteiger partial charge in [-0.05, 0) is 73.0 Å². The molecule has 3 aromatic carbocycles. The van der Waals surface area contributed by atoms with Crippen molar-refractivity contribution in [3.63, 3.8) is 0 Å². The van der Waals surface area contributed by atoms with E-state index in [0.717, 1.165) is 23.7 Å². The molecule has 2 amide bonds. The lowest BCUT2D eigenvalue weighted by molar-refractivity contribution is 0.0984. The van der Waals surface area contributed by atoms with Crippen LogP contribution in [0.3, 0.4) is 0 Å². The van der Waals surface area contributed by atoms with Gasteiger partial charge in [0, 0.05) is 34.4 Å². The van der Waals surface area contributed by atoms with Crippen LogP contribution < -0.4 is 10.2 Å². The second kappa shape index (κ2) is 8.24. The number of nitrogens with zero attached hydrogens (tertiary/aromatic N) is 1. The molecule has 4 nitrogen and oxygen atoms in total. The monoisotopic (exact) mass is 426 g/mol. The first-order chi connectivity index (χ1) is 14.4. The zero-order valence-electron chi connectivity index (χ0n) is 15.8. The molecule has 0 spiro atoms. The van der Waals surface area contributed by atoms with E-state index in [1.165, 1.54) is 6.07 Å². The van der Waals surface area contributed by atoms with Gasteiger partial charge in [0.05, 0.1) is 5.69 Å². The molecule has 30 heavy (non-hydrogen) atoms. The second-order valence-corrected chi connectivity index (χ2v) is 7.43. The number of carbonyl (C=O) groups is 2.